The Kier molecular flexibility index (Phi) is 10.9. The van der Waals surface area contributed by atoms with Gasteiger partial charge in [0.05, 0.1) is 5.88 Å². The van der Waals surface area contributed by atoms with E-state index >= 15 is 0 Å². The summed E-state index contributed by atoms with van der Waals surface area (Å²) in [5.74, 6) is 5.36. The lowest BCUT2D eigenvalue weighted by Crippen LogP contribution is -2.13. The minimum absolute atomic E-state index is 0.0130. The molecule has 0 fully saturated rings. The Morgan fingerprint density at radius 3 is 2.63 bits per heavy atom. The van der Waals surface area contributed by atoms with Crippen molar-refractivity contribution < 1.29 is 9.53 Å². The molecule has 0 saturated heterocycles. The van der Waals surface area contributed by atoms with Crippen LogP contribution in [0.2, 0.25) is 5.02 Å². The quantitative estimate of drug-likeness (QED) is 0.643. The van der Waals surface area contributed by atoms with Crippen LogP contribution < -0.4 is 5.32 Å². The van der Waals surface area contributed by atoms with Crippen molar-refractivity contribution in [2.45, 2.75) is 20.3 Å². The van der Waals surface area contributed by atoms with Crippen LogP contribution in [0.25, 0.3) is 0 Å². The molecule has 19 heavy (non-hydrogen) atoms. The van der Waals surface area contributed by atoms with Crippen molar-refractivity contribution in [2.24, 2.45) is 0 Å². The summed E-state index contributed by atoms with van der Waals surface area (Å²) in [7, 11) is 0. The molecule has 0 aliphatic carbocycles. The van der Waals surface area contributed by atoms with E-state index in [1.807, 2.05) is 0 Å². The number of ether oxygens (including phenoxy) is 1. The van der Waals surface area contributed by atoms with Crippen LogP contribution in [0, 0.1) is 11.8 Å². The third-order valence-corrected chi connectivity index (χ3v) is 1.91. The highest BCUT2D eigenvalue weighted by molar-refractivity contribution is 6.30. The molecule has 0 aliphatic heterocycles. The molecule has 1 aromatic rings. The van der Waals surface area contributed by atoms with Crippen LogP contribution >= 0.6 is 23.2 Å². The molecule has 0 atom stereocenters. The number of hydrogen-bond acceptors (Lipinski definition) is 2. The second-order valence-electron chi connectivity index (χ2n) is 3.41. The van der Waals surface area contributed by atoms with Gasteiger partial charge in [-0.2, -0.15) is 0 Å². The zero-order chi connectivity index (χ0) is 14.5. The SMILES string of the molecule is CCC.O=C(Nc1cccc(Cl)c1)OCC#CCCl. The first-order chi connectivity index (χ1) is 9.13. The maximum atomic E-state index is 11.2. The maximum Gasteiger partial charge on any atom is 0.412 e. The van der Waals surface area contributed by atoms with Gasteiger partial charge in [0.1, 0.15) is 0 Å². The van der Waals surface area contributed by atoms with Gasteiger partial charge >= 0.3 is 6.09 Å². The minimum Gasteiger partial charge on any atom is -0.436 e. The first-order valence-corrected chi connectivity index (χ1v) is 6.76. The average molecular weight is 302 g/mol. The fourth-order valence-electron chi connectivity index (χ4n) is 0.920. The molecule has 1 N–H and O–H groups in total. The molecular formula is C14H17Cl2NO2. The smallest absolute Gasteiger partial charge is 0.412 e. The molecule has 0 saturated carbocycles. The van der Waals surface area contributed by atoms with Crippen LogP contribution in [0.5, 0.6) is 0 Å². The predicted molar refractivity (Wildman–Crippen MR) is 80.9 cm³/mol. The first-order valence-electron chi connectivity index (χ1n) is 5.85. The van der Waals surface area contributed by atoms with Gasteiger partial charge in [0.15, 0.2) is 6.61 Å². The van der Waals surface area contributed by atoms with Gasteiger partial charge in [-0.15, -0.1) is 11.6 Å². The highest BCUT2D eigenvalue weighted by Gasteiger charge is 2.01. The lowest BCUT2D eigenvalue weighted by Gasteiger charge is -2.04. The van der Waals surface area contributed by atoms with Crippen molar-refractivity contribution in [3.05, 3.63) is 29.3 Å². The summed E-state index contributed by atoms with van der Waals surface area (Å²) < 4.78 is 4.76. The zero-order valence-corrected chi connectivity index (χ0v) is 12.5. The van der Waals surface area contributed by atoms with Crippen molar-refractivity contribution in [1.82, 2.24) is 0 Å². The topological polar surface area (TPSA) is 38.3 Å². The first kappa shape index (κ1) is 17.6. The van der Waals surface area contributed by atoms with E-state index in [1.165, 1.54) is 6.42 Å². The summed E-state index contributed by atoms with van der Waals surface area (Å²) in [6.07, 6.45) is 0.672. The number of carbonyl (C=O) groups is 1. The van der Waals surface area contributed by atoms with Gasteiger partial charge in [-0.05, 0) is 18.2 Å². The Labute approximate surface area is 124 Å². The fourth-order valence-corrected chi connectivity index (χ4v) is 1.20. The standard InChI is InChI=1S/C11H9Cl2NO2.C3H8/c12-6-1-2-7-16-11(15)14-10-5-3-4-9(13)8-10;1-3-2/h3-5,8H,6-7H2,(H,14,15);3H2,1-2H3. The molecule has 0 aliphatic rings. The van der Waals surface area contributed by atoms with E-state index in [2.05, 4.69) is 31.0 Å². The molecule has 0 unspecified atom stereocenters. The largest absolute Gasteiger partial charge is 0.436 e. The normalized spacial score (nSPS) is 8.42. The van der Waals surface area contributed by atoms with E-state index in [1.54, 1.807) is 24.3 Å². The van der Waals surface area contributed by atoms with Crippen molar-refractivity contribution in [3.8, 4) is 11.8 Å². The zero-order valence-electron chi connectivity index (χ0n) is 11.0. The van der Waals surface area contributed by atoms with E-state index in [-0.39, 0.29) is 12.5 Å². The maximum absolute atomic E-state index is 11.2. The van der Waals surface area contributed by atoms with E-state index in [0.717, 1.165) is 0 Å². The Bertz CT molecular complexity index is 439. The number of rotatable bonds is 2. The average Bonchev–Trinajstić information content (AvgIpc) is 2.36. The van der Waals surface area contributed by atoms with Crippen molar-refractivity contribution in [3.63, 3.8) is 0 Å². The van der Waals surface area contributed by atoms with Crippen LogP contribution in [-0.4, -0.2) is 18.6 Å². The van der Waals surface area contributed by atoms with Gasteiger partial charge in [-0.25, -0.2) is 4.79 Å². The number of anilines is 1. The Balaban J connectivity index is 0.000000982. The Hall–Kier alpha value is -1.37. The molecule has 5 heteroatoms. The monoisotopic (exact) mass is 301 g/mol. The third kappa shape index (κ3) is 10.3. The molecule has 0 aromatic heterocycles. The number of carbonyl (C=O) groups excluding carboxylic acids is 1. The highest BCUT2D eigenvalue weighted by Crippen LogP contribution is 2.14. The van der Waals surface area contributed by atoms with Crippen LogP contribution in [0.1, 0.15) is 20.3 Å². The van der Waals surface area contributed by atoms with Gasteiger partial charge in [0.2, 0.25) is 0 Å². The summed E-state index contributed by atoms with van der Waals surface area (Å²) in [5.41, 5.74) is 0.572. The highest BCUT2D eigenvalue weighted by atomic mass is 35.5. The van der Waals surface area contributed by atoms with E-state index in [0.29, 0.717) is 10.7 Å². The van der Waals surface area contributed by atoms with E-state index in [4.69, 9.17) is 27.9 Å². The van der Waals surface area contributed by atoms with Crippen LogP contribution in [0.15, 0.2) is 24.3 Å². The number of halogens is 2. The van der Waals surface area contributed by atoms with Gasteiger partial charge in [-0.3, -0.25) is 5.32 Å². The molecule has 3 nitrogen and oxygen atoms in total. The van der Waals surface area contributed by atoms with Crippen LogP contribution in [-0.2, 0) is 4.74 Å². The number of nitrogens with one attached hydrogen (secondary N) is 1. The second-order valence-corrected chi connectivity index (χ2v) is 4.11. The van der Waals surface area contributed by atoms with Crippen LogP contribution in [0.4, 0.5) is 10.5 Å². The van der Waals surface area contributed by atoms with E-state index in [9.17, 15) is 4.79 Å². The lowest BCUT2D eigenvalue weighted by molar-refractivity contribution is 0.176. The van der Waals surface area contributed by atoms with Gasteiger partial charge in [-0.1, -0.05) is 49.8 Å². The van der Waals surface area contributed by atoms with Crippen molar-refractivity contribution in [1.29, 1.82) is 0 Å². The number of benzene rings is 1. The van der Waals surface area contributed by atoms with Crippen molar-refractivity contribution in [2.75, 3.05) is 17.8 Å². The fraction of sp³-hybridized carbons (Fsp3) is 0.357. The van der Waals surface area contributed by atoms with Gasteiger partial charge in [0.25, 0.3) is 0 Å². The Morgan fingerprint density at radius 1 is 1.37 bits per heavy atom. The second kappa shape index (κ2) is 11.7. The molecule has 1 rings (SSSR count). The molecule has 104 valence electrons. The number of hydrogen-bond donors (Lipinski definition) is 1. The summed E-state index contributed by atoms with van der Waals surface area (Å²) in [6, 6.07) is 6.76. The molecule has 0 heterocycles. The molecule has 1 aromatic carbocycles. The predicted octanol–water partition coefficient (Wildman–Crippen LogP) is 4.55. The third-order valence-electron chi connectivity index (χ3n) is 1.54. The molecular weight excluding hydrogens is 285 g/mol. The summed E-state index contributed by atoms with van der Waals surface area (Å²) in [5, 5.41) is 3.05. The van der Waals surface area contributed by atoms with Gasteiger partial charge in [0, 0.05) is 10.7 Å². The number of alkyl halides is 1. The summed E-state index contributed by atoms with van der Waals surface area (Å²) in [6.45, 7) is 4.26. The Morgan fingerprint density at radius 2 is 2.05 bits per heavy atom. The summed E-state index contributed by atoms with van der Waals surface area (Å²) in [4.78, 5) is 11.2. The molecule has 1 amide bonds. The van der Waals surface area contributed by atoms with E-state index < -0.39 is 6.09 Å². The minimum atomic E-state index is -0.578. The lowest BCUT2D eigenvalue weighted by atomic mass is 10.3. The number of amides is 1. The molecule has 0 spiro atoms. The van der Waals surface area contributed by atoms with Crippen LogP contribution in [0.3, 0.4) is 0 Å². The molecule has 0 bridgehead atoms. The molecule has 0 radical (unpaired) electrons. The van der Waals surface area contributed by atoms with Crippen molar-refractivity contribution >= 4 is 35.0 Å². The summed E-state index contributed by atoms with van der Waals surface area (Å²) >= 11 is 11.1. The van der Waals surface area contributed by atoms with Gasteiger partial charge < -0.3 is 4.74 Å².